The van der Waals surface area contributed by atoms with Gasteiger partial charge in [-0.3, -0.25) is 4.79 Å². The Hall–Kier alpha value is -3.82. The van der Waals surface area contributed by atoms with Gasteiger partial charge in [-0.25, -0.2) is 9.37 Å². The maximum atomic E-state index is 13.5. The van der Waals surface area contributed by atoms with Gasteiger partial charge in [-0.2, -0.15) is 9.78 Å². The SMILES string of the molecule is CCOc1cc(C=Nn2c(-c3ccccc3)nc3ccccc3c2=O)c(Br)c(Br)c1OCc1ccc(F)cc1. The summed E-state index contributed by atoms with van der Waals surface area (Å²) in [4.78, 5) is 18.2. The highest BCUT2D eigenvalue weighted by atomic mass is 79.9. The molecule has 0 N–H and O–H groups in total. The van der Waals surface area contributed by atoms with Gasteiger partial charge in [0.15, 0.2) is 17.3 Å². The topological polar surface area (TPSA) is 65.7 Å². The molecule has 9 heteroatoms. The van der Waals surface area contributed by atoms with Gasteiger partial charge in [-0.1, -0.05) is 54.6 Å². The third-order valence-corrected chi connectivity index (χ3v) is 7.99. The van der Waals surface area contributed by atoms with Crippen molar-refractivity contribution in [2.45, 2.75) is 13.5 Å². The van der Waals surface area contributed by atoms with E-state index in [1.807, 2.05) is 49.4 Å². The second kappa shape index (κ2) is 11.9. The van der Waals surface area contributed by atoms with Crippen molar-refractivity contribution in [3.63, 3.8) is 0 Å². The first-order valence-corrected chi connectivity index (χ1v) is 13.7. The summed E-state index contributed by atoms with van der Waals surface area (Å²) in [6.07, 6.45) is 1.57. The molecule has 0 bridgehead atoms. The van der Waals surface area contributed by atoms with E-state index < -0.39 is 0 Å². The van der Waals surface area contributed by atoms with Crippen LogP contribution < -0.4 is 15.0 Å². The number of halogens is 3. The largest absolute Gasteiger partial charge is 0.490 e. The number of para-hydroxylation sites is 1. The van der Waals surface area contributed by atoms with E-state index in [0.29, 0.717) is 49.3 Å². The van der Waals surface area contributed by atoms with Crippen LogP contribution in [0.3, 0.4) is 0 Å². The molecule has 0 saturated heterocycles. The molecular formula is C30H22Br2FN3O3. The maximum Gasteiger partial charge on any atom is 0.282 e. The third kappa shape index (κ3) is 5.79. The van der Waals surface area contributed by atoms with Gasteiger partial charge in [-0.15, -0.1) is 0 Å². The van der Waals surface area contributed by atoms with Crippen molar-refractivity contribution >= 4 is 49.0 Å². The van der Waals surface area contributed by atoms with E-state index in [2.05, 4.69) is 37.0 Å². The van der Waals surface area contributed by atoms with Crippen LogP contribution in [0.1, 0.15) is 18.1 Å². The molecule has 196 valence electrons. The molecule has 4 aromatic carbocycles. The van der Waals surface area contributed by atoms with Crippen LogP contribution in [-0.2, 0) is 6.61 Å². The number of rotatable bonds is 8. The molecular weight excluding hydrogens is 629 g/mol. The number of aromatic nitrogens is 2. The zero-order chi connectivity index (χ0) is 27.4. The first-order valence-electron chi connectivity index (χ1n) is 12.1. The molecule has 1 heterocycles. The summed E-state index contributed by atoms with van der Waals surface area (Å²) in [5, 5.41) is 5.04. The normalized spacial score (nSPS) is 11.3. The van der Waals surface area contributed by atoms with Crippen LogP contribution in [0.15, 0.2) is 104 Å². The van der Waals surface area contributed by atoms with Crippen molar-refractivity contribution in [2.24, 2.45) is 5.10 Å². The molecule has 6 nitrogen and oxygen atoms in total. The molecule has 5 aromatic rings. The van der Waals surface area contributed by atoms with E-state index in [0.717, 1.165) is 11.1 Å². The highest BCUT2D eigenvalue weighted by Gasteiger charge is 2.18. The average molecular weight is 651 g/mol. The van der Waals surface area contributed by atoms with Crippen LogP contribution in [-0.4, -0.2) is 22.5 Å². The standard InChI is InChI=1S/C30H22Br2FN3O3/c1-2-38-25-16-21(26(31)27(32)28(25)39-18-19-12-14-22(33)15-13-19)17-34-36-29(20-8-4-3-5-9-20)35-24-11-7-6-10-23(24)30(36)37/h3-17H,2,18H2,1H3. The lowest BCUT2D eigenvalue weighted by Gasteiger charge is -2.16. The number of benzene rings is 4. The van der Waals surface area contributed by atoms with E-state index in [1.165, 1.54) is 16.8 Å². The summed E-state index contributed by atoms with van der Waals surface area (Å²) in [6, 6.07) is 24.5. The molecule has 0 amide bonds. The molecule has 0 radical (unpaired) electrons. The molecule has 0 aliphatic rings. The molecule has 5 rings (SSSR count). The summed E-state index contributed by atoms with van der Waals surface area (Å²) in [6.45, 7) is 2.50. The van der Waals surface area contributed by atoms with Gasteiger partial charge < -0.3 is 9.47 Å². The molecule has 1 aromatic heterocycles. The monoisotopic (exact) mass is 649 g/mol. The minimum atomic E-state index is -0.308. The number of fused-ring (bicyclic) bond motifs is 1. The molecule has 0 atom stereocenters. The third-order valence-electron chi connectivity index (χ3n) is 5.85. The van der Waals surface area contributed by atoms with Crippen LogP contribution in [0.4, 0.5) is 4.39 Å². The molecule has 0 unspecified atom stereocenters. The fourth-order valence-corrected chi connectivity index (χ4v) is 4.89. The Kier molecular flexibility index (Phi) is 8.18. The lowest BCUT2D eigenvalue weighted by molar-refractivity contribution is 0.267. The maximum absolute atomic E-state index is 13.5. The predicted octanol–water partition coefficient (Wildman–Crippen LogP) is 7.59. The minimum Gasteiger partial charge on any atom is -0.490 e. The lowest BCUT2D eigenvalue weighted by Crippen LogP contribution is -2.20. The molecule has 0 fully saturated rings. The predicted molar refractivity (Wildman–Crippen MR) is 158 cm³/mol. The van der Waals surface area contributed by atoms with E-state index in [9.17, 15) is 9.18 Å². The summed E-state index contributed by atoms with van der Waals surface area (Å²) >= 11 is 7.23. The van der Waals surface area contributed by atoms with Gasteiger partial charge in [0.05, 0.1) is 28.2 Å². The average Bonchev–Trinajstić information content (AvgIpc) is 2.96. The van der Waals surface area contributed by atoms with Gasteiger partial charge in [0, 0.05) is 15.6 Å². The van der Waals surface area contributed by atoms with Crippen molar-refractivity contribution in [3.8, 4) is 22.9 Å². The van der Waals surface area contributed by atoms with Crippen LogP contribution in [0.2, 0.25) is 0 Å². The number of ether oxygens (including phenoxy) is 2. The van der Waals surface area contributed by atoms with Crippen molar-refractivity contribution < 1.29 is 13.9 Å². The summed E-state index contributed by atoms with van der Waals surface area (Å²) in [5.41, 5.74) is 2.54. The zero-order valence-corrected chi connectivity index (χ0v) is 23.9. The number of nitrogens with zero attached hydrogens (tertiary/aromatic N) is 3. The van der Waals surface area contributed by atoms with Crippen molar-refractivity contribution in [1.82, 2.24) is 9.66 Å². The second-order valence-corrected chi connectivity index (χ2v) is 10.0. The molecule has 0 aliphatic heterocycles. The lowest BCUT2D eigenvalue weighted by atomic mass is 10.2. The molecule has 39 heavy (non-hydrogen) atoms. The fraction of sp³-hybridized carbons (Fsp3) is 0.100. The Balaban J connectivity index is 1.56. The van der Waals surface area contributed by atoms with Crippen molar-refractivity contribution in [3.05, 3.63) is 121 Å². The number of hydrogen-bond acceptors (Lipinski definition) is 5. The van der Waals surface area contributed by atoms with Crippen molar-refractivity contribution in [2.75, 3.05) is 6.61 Å². The Morgan fingerprint density at radius 2 is 1.67 bits per heavy atom. The van der Waals surface area contributed by atoms with Gasteiger partial charge in [0.2, 0.25) is 0 Å². The summed E-state index contributed by atoms with van der Waals surface area (Å²) in [5.74, 6) is 1.09. The van der Waals surface area contributed by atoms with Gasteiger partial charge in [0.25, 0.3) is 5.56 Å². The Labute approximate surface area is 241 Å². The first-order chi connectivity index (χ1) is 19.0. The van der Waals surface area contributed by atoms with E-state index in [1.54, 1.807) is 36.5 Å². The van der Waals surface area contributed by atoms with E-state index >= 15 is 0 Å². The van der Waals surface area contributed by atoms with Crippen LogP contribution in [0, 0.1) is 5.82 Å². The highest BCUT2D eigenvalue weighted by Crippen LogP contribution is 2.43. The summed E-state index contributed by atoms with van der Waals surface area (Å²) in [7, 11) is 0. The van der Waals surface area contributed by atoms with Gasteiger partial charge in [-0.05, 0) is 74.7 Å². The van der Waals surface area contributed by atoms with Gasteiger partial charge >= 0.3 is 0 Å². The molecule has 0 saturated carbocycles. The van der Waals surface area contributed by atoms with Gasteiger partial charge in [0.1, 0.15) is 12.4 Å². The number of hydrogen-bond donors (Lipinski definition) is 0. The fourth-order valence-electron chi connectivity index (χ4n) is 3.96. The quantitative estimate of drug-likeness (QED) is 0.162. The van der Waals surface area contributed by atoms with Crippen molar-refractivity contribution in [1.29, 1.82) is 0 Å². The Bertz CT molecular complexity index is 1720. The summed E-state index contributed by atoms with van der Waals surface area (Å²) < 4.78 is 27.8. The second-order valence-electron chi connectivity index (χ2n) is 8.45. The van der Waals surface area contributed by atoms with Crippen LogP contribution >= 0.6 is 31.9 Å². The minimum absolute atomic E-state index is 0.220. The van der Waals surface area contributed by atoms with E-state index in [-0.39, 0.29) is 18.0 Å². The van der Waals surface area contributed by atoms with Crippen LogP contribution in [0.5, 0.6) is 11.5 Å². The Morgan fingerprint density at radius 1 is 0.949 bits per heavy atom. The zero-order valence-electron chi connectivity index (χ0n) is 20.8. The highest BCUT2D eigenvalue weighted by molar-refractivity contribution is 9.13. The van der Waals surface area contributed by atoms with E-state index in [4.69, 9.17) is 14.5 Å². The molecule has 0 spiro atoms. The smallest absolute Gasteiger partial charge is 0.282 e. The molecule has 0 aliphatic carbocycles. The first kappa shape index (κ1) is 26.8. The Morgan fingerprint density at radius 3 is 2.41 bits per heavy atom. The van der Waals surface area contributed by atoms with Crippen LogP contribution in [0.25, 0.3) is 22.3 Å².